The Bertz CT molecular complexity index is 1100. The molecule has 2 aliphatic carbocycles. The molecule has 0 saturated heterocycles. The van der Waals surface area contributed by atoms with Crippen LogP contribution in [0.1, 0.15) is 0 Å². The number of hydrogen-bond acceptors (Lipinski definition) is 3. The number of imidazole rings is 1. The molecular weight excluding hydrogens is 338 g/mol. The van der Waals surface area contributed by atoms with Gasteiger partial charge in [0.05, 0.1) is 11.4 Å². The number of aromatic nitrogens is 3. The maximum Gasteiger partial charge on any atom is 0.290 e. The van der Waals surface area contributed by atoms with Crippen LogP contribution in [0.3, 0.4) is 0 Å². The summed E-state index contributed by atoms with van der Waals surface area (Å²) in [4.78, 5) is 17.5. The molecule has 1 N–H and O–H groups in total. The van der Waals surface area contributed by atoms with Gasteiger partial charge in [0, 0.05) is 36.1 Å². The van der Waals surface area contributed by atoms with Crippen LogP contribution < -0.4 is 0 Å². The van der Waals surface area contributed by atoms with E-state index in [0.29, 0.717) is 0 Å². The smallest absolute Gasteiger partial charge is 0.290 e. The molecule has 132 valence electrons. The molecule has 0 spiro atoms. The Balaban J connectivity index is 0.000000565. The van der Waals surface area contributed by atoms with Gasteiger partial charge in [-0.05, 0) is 29.3 Å². The molecule has 27 heavy (non-hydrogen) atoms. The van der Waals surface area contributed by atoms with Crippen LogP contribution in [0, 0.1) is 0 Å². The van der Waals surface area contributed by atoms with Crippen LogP contribution in [0.25, 0.3) is 45.0 Å². The van der Waals surface area contributed by atoms with Crippen molar-refractivity contribution in [2.24, 2.45) is 7.05 Å². The van der Waals surface area contributed by atoms with Crippen molar-refractivity contribution in [1.82, 2.24) is 14.5 Å². The van der Waals surface area contributed by atoms with Crippen molar-refractivity contribution >= 4 is 6.47 Å². The third-order valence-electron chi connectivity index (χ3n) is 4.67. The average Bonchev–Trinajstić information content (AvgIpc) is 3.03. The molecule has 5 nitrogen and oxygen atoms in total. The lowest BCUT2D eigenvalue weighted by atomic mass is 9.86. The van der Waals surface area contributed by atoms with E-state index in [4.69, 9.17) is 14.9 Å². The molecule has 2 heterocycles. The highest BCUT2D eigenvalue weighted by Gasteiger charge is 2.25. The highest BCUT2D eigenvalue weighted by Crippen LogP contribution is 2.45. The second kappa shape index (κ2) is 6.88. The summed E-state index contributed by atoms with van der Waals surface area (Å²) >= 11 is 0. The van der Waals surface area contributed by atoms with Crippen LogP contribution in [0.5, 0.6) is 0 Å². The number of rotatable bonds is 3. The van der Waals surface area contributed by atoms with Gasteiger partial charge < -0.3 is 9.67 Å². The number of nitrogens with zero attached hydrogens (tertiary/aromatic N) is 3. The fourth-order valence-corrected chi connectivity index (χ4v) is 3.35. The lowest BCUT2D eigenvalue weighted by Crippen LogP contribution is -2.02. The molecule has 0 saturated carbocycles. The third-order valence-corrected chi connectivity index (χ3v) is 4.67. The third kappa shape index (κ3) is 2.79. The Labute approximate surface area is 156 Å². The van der Waals surface area contributed by atoms with Crippen LogP contribution in [0.2, 0.25) is 0 Å². The van der Waals surface area contributed by atoms with Gasteiger partial charge in [0.25, 0.3) is 6.47 Å². The van der Waals surface area contributed by atoms with Gasteiger partial charge >= 0.3 is 0 Å². The van der Waals surface area contributed by atoms with Crippen molar-refractivity contribution in [2.45, 2.75) is 0 Å². The number of hydrogen-bond donors (Lipinski definition) is 1. The van der Waals surface area contributed by atoms with Crippen molar-refractivity contribution in [3.8, 4) is 45.0 Å². The maximum absolute atomic E-state index is 8.36. The Morgan fingerprint density at radius 3 is 2.15 bits per heavy atom. The summed E-state index contributed by atoms with van der Waals surface area (Å²) in [6.45, 7) is -0.250. The predicted octanol–water partition coefficient (Wildman–Crippen LogP) is 4.50. The van der Waals surface area contributed by atoms with Crippen LogP contribution >= 0.6 is 0 Å². The second-order valence-corrected chi connectivity index (χ2v) is 6.16. The zero-order valence-corrected chi connectivity index (χ0v) is 14.7. The zero-order valence-electron chi connectivity index (χ0n) is 14.7. The molecule has 5 rings (SSSR count). The summed E-state index contributed by atoms with van der Waals surface area (Å²) in [6, 6.07) is 21.0. The summed E-state index contributed by atoms with van der Waals surface area (Å²) in [5.74, 6) is 1.02. The Morgan fingerprint density at radius 2 is 1.59 bits per heavy atom. The minimum absolute atomic E-state index is 0.250. The normalized spacial score (nSPS) is 10.7. The summed E-state index contributed by atoms with van der Waals surface area (Å²) < 4.78 is 2.19. The average molecular weight is 355 g/mol. The monoisotopic (exact) mass is 355 g/mol. The SMILES string of the molecule is Cn1c(-c2cc3ccc2-3)nc(-c2ccccc2)c1-c1ccncc1.O=CO. The fraction of sp³-hybridized carbons (Fsp3) is 0.0455. The number of carboxylic acid groups (broad SMARTS) is 1. The van der Waals surface area contributed by atoms with E-state index in [2.05, 4.69) is 59.1 Å². The van der Waals surface area contributed by atoms with Gasteiger partial charge in [-0.1, -0.05) is 42.5 Å². The highest BCUT2D eigenvalue weighted by molar-refractivity contribution is 5.95. The van der Waals surface area contributed by atoms with Gasteiger partial charge in [-0.15, -0.1) is 0 Å². The number of pyridine rings is 1. The largest absolute Gasteiger partial charge is 0.483 e. The number of benzene rings is 2. The molecule has 5 heteroatoms. The molecule has 2 aliphatic rings. The molecule has 1 aromatic carbocycles. The van der Waals surface area contributed by atoms with Crippen molar-refractivity contribution < 1.29 is 9.90 Å². The zero-order chi connectivity index (χ0) is 18.8. The first kappa shape index (κ1) is 16.7. The summed E-state index contributed by atoms with van der Waals surface area (Å²) in [7, 11) is 2.09. The molecular formula is C22H17N3O2. The molecule has 3 aromatic rings. The summed E-state index contributed by atoms with van der Waals surface area (Å²) in [6.07, 6.45) is 3.66. The molecule has 2 aromatic heterocycles. The molecule has 0 fully saturated rings. The van der Waals surface area contributed by atoms with Gasteiger partial charge in [0.2, 0.25) is 0 Å². The van der Waals surface area contributed by atoms with Crippen LogP contribution in [-0.4, -0.2) is 26.1 Å². The van der Waals surface area contributed by atoms with E-state index in [9.17, 15) is 0 Å². The first-order valence-corrected chi connectivity index (χ1v) is 8.49. The first-order valence-electron chi connectivity index (χ1n) is 8.49. The Hall–Kier alpha value is -3.73. The number of carbonyl (C=O) groups is 1. The van der Waals surface area contributed by atoms with Crippen molar-refractivity contribution in [2.75, 3.05) is 0 Å². The van der Waals surface area contributed by atoms with E-state index in [1.807, 2.05) is 30.6 Å². The standard InChI is InChI=1S/C21H15N3.CH2O2/c1-24-20(15-9-11-22-12-10-15)19(14-5-3-2-4-6-14)23-21(24)18-13-16-7-8-17(16)18;2-1-3/h2-13H,1H3;1H,(H,2,3). The Kier molecular flexibility index (Phi) is 4.26. The van der Waals surface area contributed by atoms with E-state index < -0.39 is 0 Å². The minimum Gasteiger partial charge on any atom is -0.483 e. The molecule has 0 radical (unpaired) electrons. The van der Waals surface area contributed by atoms with Gasteiger partial charge in [0.1, 0.15) is 5.82 Å². The quantitative estimate of drug-likeness (QED) is 0.484. The van der Waals surface area contributed by atoms with Crippen molar-refractivity contribution in [3.05, 3.63) is 73.1 Å². The topological polar surface area (TPSA) is 68.0 Å². The minimum atomic E-state index is -0.250. The van der Waals surface area contributed by atoms with E-state index in [1.54, 1.807) is 0 Å². The lowest BCUT2D eigenvalue weighted by Gasteiger charge is -2.20. The van der Waals surface area contributed by atoms with E-state index in [1.165, 1.54) is 16.7 Å². The molecule has 0 bridgehead atoms. The lowest BCUT2D eigenvalue weighted by molar-refractivity contribution is -0.122. The first-order chi connectivity index (χ1) is 13.2. The molecule has 0 aliphatic heterocycles. The maximum atomic E-state index is 8.36. The van der Waals surface area contributed by atoms with Gasteiger partial charge in [0.15, 0.2) is 0 Å². The number of fused-ring (bicyclic) bond motifs is 1. The summed E-state index contributed by atoms with van der Waals surface area (Å²) in [5.41, 5.74) is 8.28. The van der Waals surface area contributed by atoms with Gasteiger partial charge in [-0.25, -0.2) is 4.98 Å². The van der Waals surface area contributed by atoms with Crippen LogP contribution in [0.4, 0.5) is 0 Å². The molecule has 0 amide bonds. The van der Waals surface area contributed by atoms with E-state index >= 15 is 0 Å². The van der Waals surface area contributed by atoms with Crippen molar-refractivity contribution in [1.29, 1.82) is 0 Å². The van der Waals surface area contributed by atoms with Crippen LogP contribution in [0.15, 0.2) is 73.1 Å². The van der Waals surface area contributed by atoms with Crippen molar-refractivity contribution in [3.63, 3.8) is 0 Å². The van der Waals surface area contributed by atoms with E-state index in [-0.39, 0.29) is 6.47 Å². The highest BCUT2D eigenvalue weighted by atomic mass is 16.3. The fourth-order valence-electron chi connectivity index (χ4n) is 3.35. The van der Waals surface area contributed by atoms with Crippen LogP contribution in [-0.2, 0) is 11.8 Å². The van der Waals surface area contributed by atoms with Gasteiger partial charge in [-0.2, -0.15) is 0 Å². The van der Waals surface area contributed by atoms with Gasteiger partial charge in [-0.3, -0.25) is 9.78 Å². The molecule has 0 unspecified atom stereocenters. The molecule has 0 atom stereocenters. The second-order valence-electron chi connectivity index (χ2n) is 6.16. The van der Waals surface area contributed by atoms with E-state index in [0.717, 1.165) is 28.3 Å². The predicted molar refractivity (Wildman–Crippen MR) is 105 cm³/mol. The summed E-state index contributed by atoms with van der Waals surface area (Å²) in [5, 5.41) is 6.89. The Morgan fingerprint density at radius 1 is 0.889 bits per heavy atom.